The molecular formula is C35H49F2N9O4. The molecule has 1 aliphatic carbocycles. The van der Waals surface area contributed by atoms with Gasteiger partial charge in [0.05, 0.1) is 36.7 Å². The van der Waals surface area contributed by atoms with Gasteiger partial charge in [-0.3, -0.25) is 9.48 Å². The fourth-order valence-corrected chi connectivity index (χ4v) is 8.07. The highest BCUT2D eigenvalue weighted by Gasteiger charge is 2.40. The molecule has 3 aromatic rings. The van der Waals surface area contributed by atoms with E-state index in [2.05, 4.69) is 32.4 Å². The Hall–Kier alpha value is -3.85. The number of aromatic nitrogens is 5. The van der Waals surface area contributed by atoms with Gasteiger partial charge in [0.25, 0.3) is 12.3 Å². The third kappa shape index (κ3) is 7.58. The minimum atomic E-state index is -2.84. The van der Waals surface area contributed by atoms with Gasteiger partial charge in [0, 0.05) is 45.1 Å². The lowest BCUT2D eigenvalue weighted by Crippen LogP contribution is -2.43. The van der Waals surface area contributed by atoms with Gasteiger partial charge < -0.3 is 29.5 Å². The summed E-state index contributed by atoms with van der Waals surface area (Å²) in [7, 11) is 2.16. The summed E-state index contributed by atoms with van der Waals surface area (Å²) < 4.78 is 42.7. The number of nitrogens with one attached hydrogen (secondary N) is 1. The van der Waals surface area contributed by atoms with Gasteiger partial charge in [0.15, 0.2) is 11.3 Å². The second-order valence-corrected chi connectivity index (χ2v) is 15.6. The predicted molar refractivity (Wildman–Crippen MR) is 183 cm³/mol. The van der Waals surface area contributed by atoms with E-state index < -0.39 is 23.6 Å². The van der Waals surface area contributed by atoms with Crippen LogP contribution in [-0.2, 0) is 9.47 Å². The third-order valence-electron chi connectivity index (χ3n) is 10.6. The molecule has 3 aliphatic heterocycles. The molecule has 3 saturated heterocycles. The van der Waals surface area contributed by atoms with Gasteiger partial charge in [0.2, 0.25) is 0 Å². The summed E-state index contributed by atoms with van der Waals surface area (Å²) in [5.74, 6) is 1.24. The summed E-state index contributed by atoms with van der Waals surface area (Å²) in [5, 5.41) is 11.2. The molecule has 0 radical (unpaired) electrons. The average molecular weight is 698 g/mol. The van der Waals surface area contributed by atoms with Crippen molar-refractivity contribution in [3.8, 4) is 0 Å². The van der Waals surface area contributed by atoms with Crippen LogP contribution in [0.2, 0.25) is 0 Å². The van der Waals surface area contributed by atoms with Gasteiger partial charge in [-0.25, -0.2) is 23.1 Å². The Labute approximate surface area is 291 Å². The number of amides is 2. The first-order valence-electron chi connectivity index (χ1n) is 18.0. The smallest absolute Gasteiger partial charge is 0.410 e. The van der Waals surface area contributed by atoms with Crippen LogP contribution in [0, 0.1) is 11.8 Å². The molecule has 1 saturated carbocycles. The van der Waals surface area contributed by atoms with Gasteiger partial charge >= 0.3 is 6.09 Å². The van der Waals surface area contributed by atoms with Gasteiger partial charge in [-0.05, 0) is 90.7 Å². The van der Waals surface area contributed by atoms with Gasteiger partial charge in [-0.2, -0.15) is 10.2 Å². The van der Waals surface area contributed by atoms with Crippen LogP contribution < -0.4 is 10.2 Å². The fraction of sp³-hybridized carbons (Fsp3) is 0.686. The van der Waals surface area contributed by atoms with Gasteiger partial charge in [-0.1, -0.05) is 0 Å². The number of piperidine rings is 1. The Kier molecular flexibility index (Phi) is 9.72. The first kappa shape index (κ1) is 34.6. The fourth-order valence-electron chi connectivity index (χ4n) is 8.07. The lowest BCUT2D eigenvalue weighted by Gasteiger charge is -2.36. The number of ether oxygens (including phenoxy) is 2. The number of alkyl halides is 2. The molecule has 50 heavy (non-hydrogen) atoms. The molecular weight excluding hydrogens is 648 g/mol. The molecule has 3 aromatic heterocycles. The Morgan fingerprint density at radius 3 is 2.44 bits per heavy atom. The van der Waals surface area contributed by atoms with Crippen LogP contribution in [0.1, 0.15) is 94.2 Å². The molecule has 4 fully saturated rings. The standard InChI is InChI=1S/C35H49F2N9O4/c1-35(2,3)50-34(48)43-12-9-23(10-13-43)18-42(4)17-22-5-7-24(8-6-22)46-20-28(30(41-46)31(36)37)39-33(47)27-16-38-45-14-11-29(40-32(27)45)44-19-26-15-25(44)21-49-26/h11,14,16,20,22-26,31H,5-10,12-13,15,17-19,21H2,1-4H3,(H,39,47)/t22?,24?,25-,26-/m1/s1. The molecule has 13 nitrogen and oxygen atoms in total. The largest absolute Gasteiger partial charge is 0.444 e. The third-order valence-corrected chi connectivity index (χ3v) is 10.6. The van der Waals surface area contributed by atoms with E-state index in [-0.39, 0.29) is 35.5 Å². The predicted octanol–water partition coefficient (Wildman–Crippen LogP) is 5.40. The van der Waals surface area contributed by atoms with E-state index in [1.54, 1.807) is 17.1 Å². The van der Waals surface area contributed by atoms with E-state index in [1.165, 1.54) is 10.7 Å². The summed E-state index contributed by atoms with van der Waals surface area (Å²) in [6.07, 6.45) is 8.33. The molecule has 2 atom stereocenters. The average Bonchev–Trinajstić information content (AvgIpc) is 3.88. The van der Waals surface area contributed by atoms with Crippen molar-refractivity contribution in [2.45, 2.75) is 95.9 Å². The minimum absolute atomic E-state index is 0.00841. The number of morpholine rings is 1. The van der Waals surface area contributed by atoms with Crippen molar-refractivity contribution in [1.82, 2.24) is 34.2 Å². The van der Waals surface area contributed by atoms with E-state index in [0.717, 1.165) is 83.5 Å². The molecule has 6 heterocycles. The summed E-state index contributed by atoms with van der Waals surface area (Å²) in [6.45, 7) is 10.5. The first-order chi connectivity index (χ1) is 23.9. The lowest BCUT2D eigenvalue weighted by atomic mass is 9.85. The minimum Gasteiger partial charge on any atom is -0.444 e. The Morgan fingerprint density at radius 2 is 1.80 bits per heavy atom. The molecule has 1 N–H and O–H groups in total. The number of carbonyl (C=O) groups is 2. The SMILES string of the molecule is CN(CC1CCC(n2cc(NC(=O)c3cnn4ccc(N5C[C@H]6C[C@@H]5CO6)nc34)c(C(F)F)n2)CC1)CC1CCN(C(=O)OC(C)(C)C)CC1. The quantitative estimate of drug-likeness (QED) is 0.313. The van der Waals surface area contributed by atoms with Crippen molar-refractivity contribution >= 4 is 29.2 Å². The maximum absolute atomic E-state index is 14.2. The molecule has 272 valence electrons. The summed E-state index contributed by atoms with van der Waals surface area (Å²) in [6, 6.07) is 2.11. The second kappa shape index (κ2) is 14.0. The molecule has 0 unspecified atom stereocenters. The van der Waals surface area contributed by atoms with E-state index in [0.29, 0.717) is 24.1 Å². The molecule has 15 heteroatoms. The van der Waals surface area contributed by atoms with Crippen LogP contribution >= 0.6 is 0 Å². The van der Waals surface area contributed by atoms with Crippen LogP contribution in [0.25, 0.3) is 5.65 Å². The number of fused-ring (bicyclic) bond motifs is 3. The lowest BCUT2D eigenvalue weighted by molar-refractivity contribution is 0.0170. The number of carbonyl (C=O) groups excluding carboxylic acids is 2. The highest BCUT2D eigenvalue weighted by molar-refractivity contribution is 6.08. The van der Waals surface area contributed by atoms with E-state index in [1.807, 2.05) is 31.7 Å². The zero-order valence-corrected chi connectivity index (χ0v) is 29.4. The zero-order valence-electron chi connectivity index (χ0n) is 29.4. The number of anilines is 2. The van der Waals surface area contributed by atoms with Crippen LogP contribution in [-0.4, -0.2) is 110 Å². The van der Waals surface area contributed by atoms with Crippen molar-refractivity contribution in [2.75, 3.05) is 56.6 Å². The molecule has 2 bridgehead atoms. The zero-order chi connectivity index (χ0) is 35.2. The van der Waals surface area contributed by atoms with Crippen molar-refractivity contribution in [3.63, 3.8) is 0 Å². The number of halogens is 2. The maximum atomic E-state index is 14.2. The van der Waals surface area contributed by atoms with Gasteiger partial charge in [0.1, 0.15) is 17.0 Å². The van der Waals surface area contributed by atoms with Crippen molar-refractivity contribution in [1.29, 1.82) is 0 Å². The molecule has 0 spiro atoms. The monoisotopic (exact) mass is 697 g/mol. The number of hydrogen-bond donors (Lipinski definition) is 1. The van der Waals surface area contributed by atoms with Crippen LogP contribution in [0.5, 0.6) is 0 Å². The number of nitrogens with zero attached hydrogens (tertiary/aromatic N) is 8. The van der Waals surface area contributed by atoms with Crippen LogP contribution in [0.3, 0.4) is 0 Å². The topological polar surface area (TPSA) is 122 Å². The number of hydrogen-bond acceptors (Lipinski definition) is 9. The summed E-state index contributed by atoms with van der Waals surface area (Å²) >= 11 is 0. The number of rotatable bonds is 9. The van der Waals surface area contributed by atoms with Gasteiger partial charge in [-0.15, -0.1) is 0 Å². The summed E-state index contributed by atoms with van der Waals surface area (Å²) in [4.78, 5) is 37.0. The summed E-state index contributed by atoms with van der Waals surface area (Å²) in [5.41, 5.74) is -0.342. The Morgan fingerprint density at radius 1 is 1.08 bits per heavy atom. The molecule has 4 aliphatic rings. The Balaban J connectivity index is 0.919. The first-order valence-corrected chi connectivity index (χ1v) is 18.0. The molecule has 7 rings (SSSR count). The second-order valence-electron chi connectivity index (χ2n) is 15.6. The highest BCUT2D eigenvalue weighted by Crippen LogP contribution is 2.36. The molecule has 2 amide bonds. The Bertz CT molecular complexity index is 1670. The van der Waals surface area contributed by atoms with E-state index in [9.17, 15) is 18.4 Å². The van der Waals surface area contributed by atoms with Crippen LogP contribution in [0.4, 0.5) is 25.1 Å². The van der Waals surface area contributed by atoms with Crippen molar-refractivity contribution in [2.24, 2.45) is 11.8 Å². The van der Waals surface area contributed by atoms with Crippen LogP contribution in [0.15, 0.2) is 24.7 Å². The molecule has 0 aromatic carbocycles. The van der Waals surface area contributed by atoms with Crippen molar-refractivity contribution in [3.05, 3.63) is 35.9 Å². The maximum Gasteiger partial charge on any atom is 0.410 e. The van der Waals surface area contributed by atoms with E-state index >= 15 is 0 Å². The normalized spacial score (nSPS) is 24.6. The highest BCUT2D eigenvalue weighted by atomic mass is 19.3. The number of likely N-dealkylation sites (tertiary alicyclic amines) is 1. The van der Waals surface area contributed by atoms with E-state index in [4.69, 9.17) is 14.5 Å². The van der Waals surface area contributed by atoms with Crippen molar-refractivity contribution < 1.29 is 27.8 Å².